The number of ketones is 1. The van der Waals surface area contributed by atoms with Crippen molar-refractivity contribution in [1.82, 2.24) is 0 Å². The maximum Gasteiger partial charge on any atom is 0.161 e. The predicted molar refractivity (Wildman–Crippen MR) is 64.7 cm³/mol. The lowest BCUT2D eigenvalue weighted by molar-refractivity contribution is -0.121. The van der Waals surface area contributed by atoms with Crippen LogP contribution in [0.5, 0.6) is 0 Å². The number of hydrogen-bond acceptors (Lipinski definition) is 1. The lowest BCUT2D eigenvalue weighted by Gasteiger charge is -2.30. The lowest BCUT2D eigenvalue weighted by Crippen LogP contribution is -2.26. The minimum Gasteiger partial charge on any atom is -0.294 e. The summed E-state index contributed by atoms with van der Waals surface area (Å²) in [6.07, 6.45) is 6.36. The molecule has 0 bridgehead atoms. The van der Waals surface area contributed by atoms with Gasteiger partial charge in [-0.05, 0) is 50.0 Å². The van der Waals surface area contributed by atoms with Crippen LogP contribution in [0.3, 0.4) is 0 Å². The van der Waals surface area contributed by atoms with Crippen LogP contribution < -0.4 is 0 Å². The van der Waals surface area contributed by atoms with Gasteiger partial charge in [-0.25, -0.2) is 0 Å². The Kier molecular flexibility index (Phi) is 4.56. The quantitative estimate of drug-likeness (QED) is 0.641. The molecule has 0 amide bonds. The molecule has 0 heterocycles. The predicted octanol–water partition coefficient (Wildman–Crippen LogP) is 3.98. The van der Waals surface area contributed by atoms with Gasteiger partial charge >= 0.3 is 0 Å². The van der Waals surface area contributed by atoms with E-state index in [9.17, 15) is 4.79 Å². The summed E-state index contributed by atoms with van der Waals surface area (Å²) < 4.78 is 0. The molecule has 0 aromatic rings. The zero-order valence-electron chi connectivity index (χ0n) is 10.5. The number of carbonyl (C=O) groups excluding carboxylic acids is 1. The van der Waals surface area contributed by atoms with Gasteiger partial charge in [0.05, 0.1) is 0 Å². The third kappa shape index (κ3) is 3.19. The van der Waals surface area contributed by atoms with Crippen molar-refractivity contribution in [3.05, 3.63) is 11.6 Å². The Balaban J connectivity index is 2.67. The minimum absolute atomic E-state index is 0.301. The Labute approximate surface area is 93.9 Å². The van der Waals surface area contributed by atoms with Crippen molar-refractivity contribution in [3.63, 3.8) is 0 Å². The molecule has 1 fully saturated rings. The first-order valence-electron chi connectivity index (χ1n) is 6.27. The third-order valence-corrected chi connectivity index (χ3v) is 3.60. The Morgan fingerprint density at radius 3 is 2.13 bits per heavy atom. The second-order valence-electron chi connectivity index (χ2n) is 5.15. The third-order valence-electron chi connectivity index (χ3n) is 3.60. The second-order valence-corrected chi connectivity index (χ2v) is 5.15. The van der Waals surface area contributed by atoms with E-state index in [1.807, 2.05) is 13.0 Å². The Morgan fingerprint density at radius 2 is 1.73 bits per heavy atom. The minimum atomic E-state index is 0.301. The van der Waals surface area contributed by atoms with Gasteiger partial charge in [0.25, 0.3) is 0 Å². The fourth-order valence-corrected chi connectivity index (χ4v) is 2.94. The van der Waals surface area contributed by atoms with Crippen LogP contribution in [0.25, 0.3) is 0 Å². The molecule has 0 spiro atoms. The summed E-state index contributed by atoms with van der Waals surface area (Å²) in [5.41, 5.74) is 1.03. The molecule has 1 nitrogen and oxygen atoms in total. The molecular weight excluding hydrogens is 184 g/mol. The molecule has 1 aliphatic carbocycles. The molecule has 86 valence electrons. The summed E-state index contributed by atoms with van der Waals surface area (Å²) in [4.78, 5) is 12.2. The first-order valence-corrected chi connectivity index (χ1v) is 6.27. The normalized spacial score (nSPS) is 32.8. The van der Waals surface area contributed by atoms with Gasteiger partial charge in [-0.1, -0.05) is 26.8 Å². The van der Waals surface area contributed by atoms with Crippen molar-refractivity contribution in [3.8, 4) is 0 Å². The molecular formula is C14H24O. The van der Waals surface area contributed by atoms with Gasteiger partial charge in [-0.3, -0.25) is 4.79 Å². The van der Waals surface area contributed by atoms with Gasteiger partial charge in [0.1, 0.15) is 0 Å². The zero-order chi connectivity index (χ0) is 11.4. The maximum atomic E-state index is 12.2. The Hall–Kier alpha value is -0.590. The van der Waals surface area contributed by atoms with Crippen LogP contribution in [0.1, 0.15) is 53.4 Å². The SMILES string of the molecule is CC=C(CC)C(=O)C1CC(C)CC(C)C1. The Bertz CT molecular complexity index is 242. The van der Waals surface area contributed by atoms with Crippen molar-refractivity contribution in [1.29, 1.82) is 0 Å². The van der Waals surface area contributed by atoms with E-state index in [1.165, 1.54) is 6.42 Å². The van der Waals surface area contributed by atoms with Gasteiger partial charge in [-0.15, -0.1) is 0 Å². The summed E-state index contributed by atoms with van der Waals surface area (Å²) in [5, 5.41) is 0. The van der Waals surface area contributed by atoms with Crippen LogP contribution in [-0.4, -0.2) is 5.78 Å². The molecule has 1 heteroatoms. The van der Waals surface area contributed by atoms with E-state index in [1.54, 1.807) is 0 Å². The maximum absolute atomic E-state index is 12.2. The van der Waals surface area contributed by atoms with Gasteiger partial charge in [-0.2, -0.15) is 0 Å². The smallest absolute Gasteiger partial charge is 0.161 e. The summed E-state index contributed by atoms with van der Waals surface area (Å²) >= 11 is 0. The van der Waals surface area contributed by atoms with Crippen LogP contribution >= 0.6 is 0 Å². The van der Waals surface area contributed by atoms with E-state index in [0.29, 0.717) is 11.7 Å². The number of carbonyl (C=O) groups is 1. The van der Waals surface area contributed by atoms with Crippen LogP contribution in [0.4, 0.5) is 0 Å². The molecule has 1 rings (SSSR count). The lowest BCUT2D eigenvalue weighted by atomic mass is 9.73. The van der Waals surface area contributed by atoms with Crippen molar-refractivity contribution >= 4 is 5.78 Å². The number of Topliss-reactive ketones (excluding diaryl/α,β-unsaturated/α-hetero) is 1. The van der Waals surface area contributed by atoms with E-state index in [-0.39, 0.29) is 0 Å². The van der Waals surface area contributed by atoms with Crippen molar-refractivity contribution in [2.75, 3.05) is 0 Å². The molecule has 0 saturated heterocycles. The fraction of sp³-hybridized carbons (Fsp3) is 0.786. The molecule has 0 aliphatic heterocycles. The molecule has 2 atom stereocenters. The highest BCUT2D eigenvalue weighted by Gasteiger charge is 2.29. The largest absolute Gasteiger partial charge is 0.294 e. The van der Waals surface area contributed by atoms with Gasteiger partial charge < -0.3 is 0 Å². The summed E-state index contributed by atoms with van der Waals surface area (Å²) in [7, 11) is 0. The topological polar surface area (TPSA) is 17.1 Å². The van der Waals surface area contributed by atoms with E-state index in [2.05, 4.69) is 20.8 Å². The molecule has 1 saturated carbocycles. The first-order chi connectivity index (χ1) is 7.08. The van der Waals surface area contributed by atoms with Crippen LogP contribution in [-0.2, 0) is 4.79 Å². The van der Waals surface area contributed by atoms with Crippen LogP contribution in [0.15, 0.2) is 11.6 Å². The standard InChI is InChI=1S/C14H24O/c1-5-12(6-2)14(15)13-8-10(3)7-11(4)9-13/h5,10-11,13H,6-9H2,1-4H3. The van der Waals surface area contributed by atoms with Crippen LogP contribution in [0, 0.1) is 17.8 Å². The van der Waals surface area contributed by atoms with Gasteiger partial charge in [0, 0.05) is 5.92 Å². The van der Waals surface area contributed by atoms with Crippen molar-refractivity contribution < 1.29 is 4.79 Å². The van der Waals surface area contributed by atoms with Crippen molar-refractivity contribution in [2.24, 2.45) is 17.8 Å². The zero-order valence-corrected chi connectivity index (χ0v) is 10.5. The molecule has 0 radical (unpaired) electrons. The first kappa shape index (κ1) is 12.5. The fourth-order valence-electron chi connectivity index (χ4n) is 2.94. The summed E-state index contributed by atoms with van der Waals surface area (Å²) in [5.74, 6) is 2.16. The molecule has 15 heavy (non-hydrogen) atoms. The average molecular weight is 208 g/mol. The van der Waals surface area contributed by atoms with Gasteiger partial charge in [0.15, 0.2) is 5.78 Å². The van der Waals surface area contributed by atoms with Gasteiger partial charge in [0.2, 0.25) is 0 Å². The molecule has 0 aromatic heterocycles. The summed E-state index contributed by atoms with van der Waals surface area (Å²) in [6, 6.07) is 0. The molecule has 0 aromatic carbocycles. The molecule has 2 unspecified atom stereocenters. The number of rotatable bonds is 3. The van der Waals surface area contributed by atoms with E-state index in [0.717, 1.165) is 36.7 Å². The number of allylic oxidation sites excluding steroid dienone is 2. The highest BCUT2D eigenvalue weighted by atomic mass is 16.1. The van der Waals surface area contributed by atoms with E-state index < -0.39 is 0 Å². The summed E-state index contributed by atoms with van der Waals surface area (Å²) in [6.45, 7) is 8.60. The van der Waals surface area contributed by atoms with Crippen molar-refractivity contribution in [2.45, 2.75) is 53.4 Å². The van der Waals surface area contributed by atoms with E-state index >= 15 is 0 Å². The average Bonchev–Trinajstić information content (AvgIpc) is 2.18. The highest BCUT2D eigenvalue weighted by molar-refractivity contribution is 5.97. The Morgan fingerprint density at radius 1 is 1.20 bits per heavy atom. The molecule has 1 aliphatic rings. The highest BCUT2D eigenvalue weighted by Crippen LogP contribution is 2.34. The molecule has 0 N–H and O–H groups in total. The van der Waals surface area contributed by atoms with E-state index in [4.69, 9.17) is 0 Å². The monoisotopic (exact) mass is 208 g/mol. The van der Waals surface area contributed by atoms with Crippen LogP contribution in [0.2, 0.25) is 0 Å². The second kappa shape index (κ2) is 5.48. The number of hydrogen-bond donors (Lipinski definition) is 0.